The molecule has 0 unspecified atom stereocenters. The highest BCUT2D eigenvalue weighted by Crippen LogP contribution is 2.21. The molecule has 0 aliphatic heterocycles. The fourth-order valence-corrected chi connectivity index (χ4v) is 1.51. The smallest absolute Gasteiger partial charge is 0.140 e. The van der Waals surface area contributed by atoms with Crippen LogP contribution in [0.25, 0.3) is 0 Å². The Balaban J connectivity index is 2.42. The summed E-state index contributed by atoms with van der Waals surface area (Å²) in [6.45, 7) is 1.59. The van der Waals surface area contributed by atoms with E-state index in [2.05, 4.69) is 26.2 Å². The summed E-state index contributed by atoms with van der Waals surface area (Å²) in [6.07, 6.45) is 2.58. The quantitative estimate of drug-likeness (QED) is 0.793. The van der Waals surface area contributed by atoms with Gasteiger partial charge in [-0.25, -0.2) is 4.98 Å². The zero-order valence-electron chi connectivity index (χ0n) is 8.09. The first-order chi connectivity index (χ1) is 6.74. The summed E-state index contributed by atoms with van der Waals surface area (Å²) in [7, 11) is 1.69. The van der Waals surface area contributed by atoms with Gasteiger partial charge in [0.05, 0.1) is 16.4 Å². The van der Waals surface area contributed by atoms with Crippen LogP contribution in [0.2, 0.25) is 0 Å². The molecule has 4 nitrogen and oxygen atoms in total. The SMILES string of the molecule is COCCCNc1ncc(N)cc1Br. The minimum atomic E-state index is 0.652. The van der Waals surface area contributed by atoms with Crippen LogP contribution in [0, 0.1) is 0 Å². The van der Waals surface area contributed by atoms with Crippen molar-refractivity contribution in [1.82, 2.24) is 4.98 Å². The van der Waals surface area contributed by atoms with Crippen molar-refractivity contribution in [1.29, 1.82) is 0 Å². The number of nitrogens with one attached hydrogen (secondary N) is 1. The fourth-order valence-electron chi connectivity index (χ4n) is 1.01. The Labute approximate surface area is 92.0 Å². The molecule has 14 heavy (non-hydrogen) atoms. The second kappa shape index (κ2) is 5.82. The average Bonchev–Trinajstić information content (AvgIpc) is 2.15. The van der Waals surface area contributed by atoms with Crippen molar-refractivity contribution in [2.24, 2.45) is 0 Å². The Morgan fingerprint density at radius 2 is 2.43 bits per heavy atom. The van der Waals surface area contributed by atoms with Crippen molar-refractivity contribution in [2.45, 2.75) is 6.42 Å². The van der Waals surface area contributed by atoms with Gasteiger partial charge in [0, 0.05) is 20.3 Å². The number of pyridine rings is 1. The lowest BCUT2D eigenvalue weighted by Crippen LogP contribution is -2.06. The standard InChI is InChI=1S/C9H14BrN3O/c1-14-4-2-3-12-9-8(10)5-7(11)6-13-9/h5-6H,2-4,11H2,1H3,(H,12,13). The molecular weight excluding hydrogens is 246 g/mol. The number of anilines is 2. The number of hydrogen-bond donors (Lipinski definition) is 2. The third-order valence-corrected chi connectivity index (χ3v) is 2.28. The van der Waals surface area contributed by atoms with Crippen LogP contribution in [0.1, 0.15) is 6.42 Å². The van der Waals surface area contributed by atoms with Crippen molar-refractivity contribution < 1.29 is 4.74 Å². The van der Waals surface area contributed by atoms with Gasteiger partial charge in [0.25, 0.3) is 0 Å². The molecule has 1 heterocycles. The van der Waals surface area contributed by atoms with Crippen molar-refractivity contribution in [3.8, 4) is 0 Å². The first kappa shape index (κ1) is 11.3. The summed E-state index contributed by atoms with van der Waals surface area (Å²) in [5, 5.41) is 3.18. The van der Waals surface area contributed by atoms with Gasteiger partial charge in [-0.05, 0) is 28.4 Å². The van der Waals surface area contributed by atoms with Crippen LogP contribution in [-0.2, 0) is 4.74 Å². The lowest BCUT2D eigenvalue weighted by molar-refractivity contribution is 0.197. The minimum Gasteiger partial charge on any atom is -0.397 e. The van der Waals surface area contributed by atoms with Gasteiger partial charge in [-0.3, -0.25) is 0 Å². The Kier molecular flexibility index (Phi) is 4.69. The first-order valence-electron chi connectivity index (χ1n) is 4.38. The molecule has 0 aliphatic rings. The number of nitrogens with two attached hydrogens (primary N) is 1. The maximum Gasteiger partial charge on any atom is 0.140 e. The lowest BCUT2D eigenvalue weighted by Gasteiger charge is -2.07. The molecular formula is C9H14BrN3O. The largest absolute Gasteiger partial charge is 0.397 e. The molecule has 0 bridgehead atoms. The predicted molar refractivity (Wildman–Crippen MR) is 61.3 cm³/mol. The van der Waals surface area contributed by atoms with Crippen molar-refractivity contribution in [3.63, 3.8) is 0 Å². The third-order valence-electron chi connectivity index (χ3n) is 1.68. The van der Waals surface area contributed by atoms with Crippen LogP contribution < -0.4 is 11.1 Å². The fraction of sp³-hybridized carbons (Fsp3) is 0.444. The highest BCUT2D eigenvalue weighted by Gasteiger charge is 2.00. The Morgan fingerprint density at radius 3 is 3.07 bits per heavy atom. The second-order valence-electron chi connectivity index (χ2n) is 2.87. The number of nitrogens with zero attached hydrogens (tertiary/aromatic N) is 1. The molecule has 5 heteroatoms. The van der Waals surface area contributed by atoms with E-state index in [4.69, 9.17) is 10.5 Å². The summed E-state index contributed by atoms with van der Waals surface area (Å²) >= 11 is 3.38. The molecule has 1 aromatic heterocycles. The van der Waals surface area contributed by atoms with E-state index in [1.807, 2.05) is 6.07 Å². The lowest BCUT2D eigenvalue weighted by atomic mass is 10.4. The van der Waals surface area contributed by atoms with E-state index in [9.17, 15) is 0 Å². The zero-order valence-corrected chi connectivity index (χ0v) is 9.67. The van der Waals surface area contributed by atoms with Crippen LogP contribution in [-0.4, -0.2) is 25.2 Å². The van der Waals surface area contributed by atoms with Crippen LogP contribution in [0.4, 0.5) is 11.5 Å². The minimum absolute atomic E-state index is 0.652. The van der Waals surface area contributed by atoms with Crippen molar-refractivity contribution >= 4 is 27.4 Å². The van der Waals surface area contributed by atoms with E-state index in [0.717, 1.165) is 29.9 Å². The van der Waals surface area contributed by atoms with Crippen molar-refractivity contribution in [3.05, 3.63) is 16.7 Å². The summed E-state index contributed by atoms with van der Waals surface area (Å²) in [6, 6.07) is 1.83. The predicted octanol–water partition coefficient (Wildman–Crippen LogP) is 1.87. The summed E-state index contributed by atoms with van der Waals surface area (Å²) in [5.74, 6) is 0.815. The van der Waals surface area contributed by atoms with E-state index >= 15 is 0 Å². The van der Waals surface area contributed by atoms with Gasteiger partial charge in [-0.1, -0.05) is 0 Å². The molecule has 0 saturated carbocycles. The number of aromatic nitrogens is 1. The highest BCUT2D eigenvalue weighted by molar-refractivity contribution is 9.10. The molecule has 0 aromatic carbocycles. The second-order valence-corrected chi connectivity index (χ2v) is 3.73. The molecule has 1 rings (SSSR count). The molecule has 0 radical (unpaired) electrons. The molecule has 0 atom stereocenters. The van der Waals surface area contributed by atoms with Crippen molar-refractivity contribution in [2.75, 3.05) is 31.3 Å². The van der Waals surface area contributed by atoms with E-state index in [1.165, 1.54) is 0 Å². The van der Waals surface area contributed by atoms with Gasteiger partial charge in [0.1, 0.15) is 5.82 Å². The normalized spacial score (nSPS) is 10.1. The van der Waals surface area contributed by atoms with E-state index in [1.54, 1.807) is 13.3 Å². The third kappa shape index (κ3) is 3.51. The summed E-state index contributed by atoms with van der Waals surface area (Å²) in [4.78, 5) is 4.15. The number of halogens is 1. The van der Waals surface area contributed by atoms with Gasteiger partial charge in [0.2, 0.25) is 0 Å². The molecule has 0 saturated heterocycles. The molecule has 3 N–H and O–H groups in total. The van der Waals surface area contributed by atoms with Gasteiger partial charge >= 0.3 is 0 Å². The van der Waals surface area contributed by atoms with E-state index in [-0.39, 0.29) is 0 Å². The number of rotatable bonds is 5. The average molecular weight is 260 g/mol. The van der Waals surface area contributed by atoms with Crippen LogP contribution in [0.5, 0.6) is 0 Å². The Morgan fingerprint density at radius 1 is 1.64 bits per heavy atom. The Hall–Kier alpha value is -0.810. The molecule has 1 aromatic rings. The zero-order chi connectivity index (χ0) is 10.4. The topological polar surface area (TPSA) is 60.2 Å². The van der Waals surface area contributed by atoms with Gasteiger partial charge in [0.15, 0.2) is 0 Å². The Bertz CT molecular complexity index is 293. The molecule has 0 amide bonds. The summed E-state index contributed by atoms with van der Waals surface area (Å²) < 4.78 is 5.82. The maximum atomic E-state index is 5.56. The maximum absolute atomic E-state index is 5.56. The van der Waals surface area contributed by atoms with E-state index < -0.39 is 0 Å². The van der Waals surface area contributed by atoms with E-state index in [0.29, 0.717) is 5.69 Å². The molecule has 0 aliphatic carbocycles. The molecule has 0 spiro atoms. The van der Waals surface area contributed by atoms with Gasteiger partial charge in [-0.2, -0.15) is 0 Å². The van der Waals surface area contributed by atoms with Gasteiger partial charge in [-0.15, -0.1) is 0 Å². The molecule has 0 fully saturated rings. The number of methoxy groups -OCH3 is 1. The monoisotopic (exact) mass is 259 g/mol. The van der Waals surface area contributed by atoms with Crippen LogP contribution >= 0.6 is 15.9 Å². The van der Waals surface area contributed by atoms with Crippen LogP contribution in [0.3, 0.4) is 0 Å². The molecule has 78 valence electrons. The summed E-state index contributed by atoms with van der Waals surface area (Å²) in [5.41, 5.74) is 6.22. The first-order valence-corrected chi connectivity index (χ1v) is 5.17. The number of hydrogen-bond acceptors (Lipinski definition) is 4. The van der Waals surface area contributed by atoms with Gasteiger partial charge < -0.3 is 15.8 Å². The number of ether oxygens (including phenoxy) is 1. The van der Waals surface area contributed by atoms with Crippen LogP contribution in [0.15, 0.2) is 16.7 Å². The highest BCUT2D eigenvalue weighted by atomic mass is 79.9. The number of nitrogen functional groups attached to an aromatic ring is 1.